The van der Waals surface area contributed by atoms with Gasteiger partial charge in [0.05, 0.1) is 23.0 Å². The van der Waals surface area contributed by atoms with Crippen molar-refractivity contribution in [2.24, 2.45) is 0 Å². The van der Waals surface area contributed by atoms with Crippen molar-refractivity contribution in [3.8, 4) is 16.9 Å². The molecule has 1 saturated carbocycles. The minimum Gasteiger partial charge on any atom is -0.324 e. The van der Waals surface area contributed by atoms with E-state index in [0.717, 1.165) is 46.6 Å². The van der Waals surface area contributed by atoms with Crippen LogP contribution in [0.5, 0.6) is 0 Å². The quantitative estimate of drug-likeness (QED) is 0.625. The van der Waals surface area contributed by atoms with E-state index in [4.69, 9.17) is 0 Å². The SMILES string of the molecule is O=C1Nc2c(Br)cc(-c3ccnn3-c3ccc(F)cc3F)cc2C12CCC2. The van der Waals surface area contributed by atoms with Gasteiger partial charge in [-0.3, -0.25) is 4.79 Å². The Morgan fingerprint density at radius 2 is 1.96 bits per heavy atom. The van der Waals surface area contributed by atoms with Crippen LogP contribution in [0.25, 0.3) is 16.9 Å². The molecule has 0 radical (unpaired) electrons. The Balaban J connectivity index is 1.67. The van der Waals surface area contributed by atoms with Crippen LogP contribution in [0.15, 0.2) is 47.1 Å². The van der Waals surface area contributed by atoms with E-state index in [-0.39, 0.29) is 11.6 Å². The standard InChI is InChI=1S/C20H14BrF2N3O/c21-14-9-11(8-13-18(14)25-19(27)20(13)5-1-6-20)16-4-7-24-26(16)17-3-2-12(22)10-15(17)23/h2-4,7-10H,1,5-6H2,(H,25,27). The summed E-state index contributed by atoms with van der Waals surface area (Å²) in [6.45, 7) is 0. The lowest BCUT2D eigenvalue weighted by Crippen LogP contribution is -2.40. The van der Waals surface area contributed by atoms with E-state index in [2.05, 4.69) is 26.3 Å². The number of nitrogens with zero attached hydrogens (tertiary/aromatic N) is 2. The van der Waals surface area contributed by atoms with E-state index in [1.165, 1.54) is 16.8 Å². The zero-order valence-electron chi connectivity index (χ0n) is 14.1. The molecule has 1 fully saturated rings. The van der Waals surface area contributed by atoms with Gasteiger partial charge in [-0.2, -0.15) is 5.10 Å². The lowest BCUT2D eigenvalue weighted by Gasteiger charge is -2.36. The van der Waals surface area contributed by atoms with Crippen LogP contribution in [-0.4, -0.2) is 15.7 Å². The first-order valence-electron chi connectivity index (χ1n) is 8.65. The van der Waals surface area contributed by atoms with E-state index < -0.39 is 17.0 Å². The molecular weight excluding hydrogens is 416 g/mol. The van der Waals surface area contributed by atoms with Gasteiger partial charge >= 0.3 is 0 Å². The summed E-state index contributed by atoms with van der Waals surface area (Å²) in [7, 11) is 0. The number of halogens is 3. The molecule has 1 N–H and O–H groups in total. The van der Waals surface area contributed by atoms with Gasteiger partial charge in [0.15, 0.2) is 5.82 Å². The Morgan fingerprint density at radius 3 is 2.67 bits per heavy atom. The molecule has 3 aromatic rings. The number of nitrogens with one attached hydrogen (secondary N) is 1. The van der Waals surface area contributed by atoms with Gasteiger partial charge in [0.2, 0.25) is 5.91 Å². The van der Waals surface area contributed by atoms with Gasteiger partial charge in [0, 0.05) is 16.1 Å². The monoisotopic (exact) mass is 429 g/mol. The molecule has 1 spiro atoms. The van der Waals surface area contributed by atoms with E-state index in [0.29, 0.717) is 5.69 Å². The lowest BCUT2D eigenvalue weighted by atomic mass is 9.65. The summed E-state index contributed by atoms with van der Waals surface area (Å²) >= 11 is 3.55. The Hall–Kier alpha value is -2.54. The zero-order valence-corrected chi connectivity index (χ0v) is 15.7. The number of hydrogen-bond donors (Lipinski definition) is 1. The van der Waals surface area contributed by atoms with E-state index in [9.17, 15) is 13.6 Å². The van der Waals surface area contributed by atoms with Crippen molar-refractivity contribution in [1.82, 2.24) is 9.78 Å². The highest BCUT2D eigenvalue weighted by molar-refractivity contribution is 9.10. The molecule has 1 amide bonds. The summed E-state index contributed by atoms with van der Waals surface area (Å²) in [5, 5.41) is 7.20. The molecule has 5 rings (SSSR count). The molecule has 1 aliphatic heterocycles. The number of carbonyl (C=O) groups is 1. The number of hydrogen-bond acceptors (Lipinski definition) is 2. The van der Waals surface area contributed by atoms with Gasteiger partial charge < -0.3 is 5.32 Å². The van der Waals surface area contributed by atoms with Gasteiger partial charge in [-0.1, -0.05) is 6.42 Å². The average molecular weight is 430 g/mol. The second kappa shape index (κ2) is 5.73. The lowest BCUT2D eigenvalue weighted by molar-refractivity contribution is -0.123. The number of amides is 1. The number of rotatable bonds is 2. The van der Waals surface area contributed by atoms with Crippen molar-refractivity contribution in [2.45, 2.75) is 24.7 Å². The van der Waals surface area contributed by atoms with Gasteiger partial charge in [0.1, 0.15) is 11.5 Å². The molecular formula is C20H14BrF2N3O. The Kier molecular flexibility index (Phi) is 3.53. The normalized spacial score (nSPS) is 16.9. The summed E-state index contributed by atoms with van der Waals surface area (Å²) in [6.07, 6.45) is 4.25. The topological polar surface area (TPSA) is 46.9 Å². The zero-order chi connectivity index (χ0) is 18.8. The predicted octanol–water partition coefficient (Wildman–Crippen LogP) is 4.95. The van der Waals surface area contributed by atoms with Crippen LogP contribution in [0.2, 0.25) is 0 Å². The van der Waals surface area contributed by atoms with Crippen LogP contribution in [-0.2, 0) is 10.2 Å². The molecule has 0 bridgehead atoms. The molecule has 0 saturated heterocycles. The van der Waals surface area contributed by atoms with E-state index in [1.807, 2.05) is 12.1 Å². The summed E-state index contributed by atoms with van der Waals surface area (Å²) in [5.41, 5.74) is 2.96. The molecule has 2 heterocycles. The minimum atomic E-state index is -0.688. The van der Waals surface area contributed by atoms with Crippen molar-refractivity contribution in [1.29, 1.82) is 0 Å². The Morgan fingerprint density at radius 1 is 1.15 bits per heavy atom. The van der Waals surface area contributed by atoms with Crippen molar-refractivity contribution in [3.05, 3.63) is 64.3 Å². The number of carbonyl (C=O) groups excluding carboxylic acids is 1. The summed E-state index contributed by atoms with van der Waals surface area (Å²) < 4.78 is 29.8. The maximum absolute atomic E-state index is 14.3. The number of aromatic nitrogens is 2. The molecule has 0 unspecified atom stereocenters. The molecule has 1 aliphatic carbocycles. The van der Waals surface area contributed by atoms with Gasteiger partial charge in [0.25, 0.3) is 0 Å². The van der Waals surface area contributed by atoms with Crippen LogP contribution in [0.1, 0.15) is 24.8 Å². The number of fused-ring (bicyclic) bond motifs is 2. The number of benzene rings is 2. The largest absolute Gasteiger partial charge is 0.324 e. The maximum atomic E-state index is 14.3. The molecule has 1 aromatic heterocycles. The summed E-state index contributed by atoms with van der Waals surface area (Å²) in [6, 6.07) is 9.04. The third-order valence-electron chi connectivity index (χ3n) is 5.56. The van der Waals surface area contributed by atoms with Crippen molar-refractivity contribution < 1.29 is 13.6 Å². The highest BCUT2D eigenvalue weighted by Gasteiger charge is 2.51. The molecule has 27 heavy (non-hydrogen) atoms. The van der Waals surface area contributed by atoms with Gasteiger partial charge in [-0.25, -0.2) is 13.5 Å². The highest BCUT2D eigenvalue weighted by Crippen LogP contribution is 2.53. The van der Waals surface area contributed by atoms with Gasteiger partial charge in [-0.05, 0) is 64.7 Å². The highest BCUT2D eigenvalue weighted by atomic mass is 79.9. The van der Waals surface area contributed by atoms with Crippen LogP contribution >= 0.6 is 15.9 Å². The molecule has 136 valence electrons. The van der Waals surface area contributed by atoms with Crippen molar-refractivity contribution in [2.75, 3.05) is 5.32 Å². The smallest absolute Gasteiger partial charge is 0.235 e. The first-order valence-corrected chi connectivity index (χ1v) is 9.44. The average Bonchev–Trinajstić information content (AvgIpc) is 3.16. The molecule has 7 heteroatoms. The molecule has 2 aromatic carbocycles. The first kappa shape index (κ1) is 16.6. The third kappa shape index (κ3) is 2.31. The third-order valence-corrected chi connectivity index (χ3v) is 6.19. The second-order valence-corrected chi connectivity index (χ2v) is 7.85. The van der Waals surface area contributed by atoms with Crippen LogP contribution < -0.4 is 5.32 Å². The summed E-state index contributed by atoms with van der Waals surface area (Å²) in [4.78, 5) is 12.5. The fraction of sp³-hybridized carbons (Fsp3) is 0.200. The van der Waals surface area contributed by atoms with Crippen molar-refractivity contribution in [3.63, 3.8) is 0 Å². The Labute approximate surface area is 162 Å². The van der Waals surface area contributed by atoms with Crippen LogP contribution in [0.3, 0.4) is 0 Å². The molecule has 2 aliphatic rings. The second-order valence-electron chi connectivity index (χ2n) is 6.99. The number of anilines is 1. The predicted molar refractivity (Wildman–Crippen MR) is 101 cm³/mol. The minimum absolute atomic E-state index is 0.0414. The first-order chi connectivity index (χ1) is 13.0. The van der Waals surface area contributed by atoms with Gasteiger partial charge in [-0.15, -0.1) is 0 Å². The fourth-order valence-electron chi connectivity index (χ4n) is 4.01. The fourth-order valence-corrected chi connectivity index (χ4v) is 4.57. The molecule has 0 atom stereocenters. The molecule has 4 nitrogen and oxygen atoms in total. The maximum Gasteiger partial charge on any atom is 0.235 e. The van der Waals surface area contributed by atoms with Crippen LogP contribution in [0, 0.1) is 11.6 Å². The van der Waals surface area contributed by atoms with E-state index in [1.54, 1.807) is 12.3 Å². The van der Waals surface area contributed by atoms with E-state index >= 15 is 0 Å². The van der Waals surface area contributed by atoms with Crippen LogP contribution in [0.4, 0.5) is 14.5 Å². The van der Waals surface area contributed by atoms with Crippen molar-refractivity contribution >= 4 is 27.5 Å². The Bertz CT molecular complexity index is 1100. The summed E-state index contributed by atoms with van der Waals surface area (Å²) in [5.74, 6) is -1.28.